The number of hydrazine groups is 1. The lowest BCUT2D eigenvalue weighted by atomic mass is 10.1. The zero-order chi connectivity index (χ0) is 24.6. The van der Waals surface area contributed by atoms with Crippen molar-refractivity contribution in [1.29, 1.82) is 0 Å². The van der Waals surface area contributed by atoms with E-state index in [4.69, 9.17) is 4.74 Å². The fourth-order valence-corrected chi connectivity index (χ4v) is 4.13. The van der Waals surface area contributed by atoms with E-state index in [1.165, 1.54) is 6.07 Å². The van der Waals surface area contributed by atoms with Crippen molar-refractivity contribution in [2.24, 2.45) is 0 Å². The summed E-state index contributed by atoms with van der Waals surface area (Å²) in [6, 6.07) is 16.1. The molecule has 0 bridgehead atoms. The van der Waals surface area contributed by atoms with Gasteiger partial charge in [0.25, 0.3) is 0 Å². The topological polar surface area (TPSA) is 61.9 Å². The van der Waals surface area contributed by atoms with E-state index in [0.717, 1.165) is 18.4 Å². The number of benzene rings is 2. The number of hydrogen-bond acceptors (Lipinski definition) is 4. The van der Waals surface area contributed by atoms with Crippen LogP contribution in [0.15, 0.2) is 54.6 Å². The Morgan fingerprint density at radius 2 is 1.79 bits per heavy atom. The zero-order valence-electron chi connectivity index (χ0n) is 20.4. The standard InChI is InChI=1S/C27H36FN3O3/c1-27(2,3)34-26(33)31(18-10-9-15-22-14-7-8-16-23(22)28)30-19-11-17-24(30)25(32)29-20-21-12-5-4-6-13-21/h4-8,12-14,16,24H,9-11,15,17-20H2,1-3H3,(H,29,32)/t24-/m0/s1. The van der Waals surface area contributed by atoms with Gasteiger partial charge < -0.3 is 10.1 Å². The Kier molecular flexibility index (Phi) is 9.05. The Morgan fingerprint density at radius 1 is 1.09 bits per heavy atom. The van der Waals surface area contributed by atoms with Crippen LogP contribution in [0.2, 0.25) is 0 Å². The molecule has 0 unspecified atom stereocenters. The highest BCUT2D eigenvalue weighted by molar-refractivity contribution is 5.82. The number of rotatable bonds is 9. The van der Waals surface area contributed by atoms with Crippen molar-refractivity contribution in [2.75, 3.05) is 13.1 Å². The molecule has 1 atom stereocenters. The summed E-state index contributed by atoms with van der Waals surface area (Å²) in [6.07, 6.45) is 3.02. The van der Waals surface area contributed by atoms with E-state index in [9.17, 15) is 14.0 Å². The van der Waals surface area contributed by atoms with Gasteiger partial charge in [0.05, 0.1) is 0 Å². The van der Waals surface area contributed by atoms with Crippen LogP contribution in [0.5, 0.6) is 0 Å². The number of nitrogens with one attached hydrogen (secondary N) is 1. The molecule has 2 aromatic rings. The van der Waals surface area contributed by atoms with Gasteiger partial charge in [-0.1, -0.05) is 48.5 Å². The maximum absolute atomic E-state index is 13.9. The molecular formula is C27H36FN3O3. The Labute approximate surface area is 202 Å². The first-order valence-corrected chi connectivity index (χ1v) is 12.1. The van der Waals surface area contributed by atoms with Gasteiger partial charge in [0.1, 0.15) is 17.5 Å². The predicted molar refractivity (Wildman–Crippen MR) is 130 cm³/mol. The minimum absolute atomic E-state index is 0.0960. The average Bonchev–Trinajstić information content (AvgIpc) is 3.27. The summed E-state index contributed by atoms with van der Waals surface area (Å²) < 4.78 is 19.6. The number of aryl methyl sites for hydroxylation is 1. The van der Waals surface area contributed by atoms with Crippen LogP contribution in [-0.2, 0) is 22.5 Å². The first-order valence-electron chi connectivity index (χ1n) is 12.1. The molecule has 34 heavy (non-hydrogen) atoms. The van der Waals surface area contributed by atoms with E-state index >= 15 is 0 Å². The molecular weight excluding hydrogens is 433 g/mol. The second-order valence-corrected chi connectivity index (χ2v) is 9.68. The van der Waals surface area contributed by atoms with E-state index in [0.29, 0.717) is 44.5 Å². The number of unbranched alkanes of at least 4 members (excludes halogenated alkanes) is 1. The molecule has 0 aliphatic carbocycles. The lowest BCUT2D eigenvalue weighted by molar-refractivity contribution is -0.132. The molecule has 6 nitrogen and oxygen atoms in total. The second kappa shape index (κ2) is 12.0. The van der Waals surface area contributed by atoms with E-state index in [2.05, 4.69) is 5.32 Å². The summed E-state index contributed by atoms with van der Waals surface area (Å²) in [6.45, 7) is 6.95. The van der Waals surface area contributed by atoms with Crippen molar-refractivity contribution in [2.45, 2.75) is 71.1 Å². The Balaban J connectivity index is 1.63. The number of nitrogens with zero attached hydrogens (tertiary/aromatic N) is 2. The van der Waals surface area contributed by atoms with Gasteiger partial charge in [-0.3, -0.25) is 4.79 Å². The van der Waals surface area contributed by atoms with Gasteiger partial charge in [0, 0.05) is 19.6 Å². The first kappa shape index (κ1) is 25.7. The van der Waals surface area contributed by atoms with Crippen molar-refractivity contribution in [3.63, 3.8) is 0 Å². The number of amides is 2. The summed E-state index contributed by atoms with van der Waals surface area (Å²) in [7, 11) is 0. The molecule has 2 aromatic carbocycles. The van der Waals surface area contributed by atoms with Crippen LogP contribution >= 0.6 is 0 Å². The minimum atomic E-state index is -0.646. The molecule has 1 aliphatic heterocycles. The number of carbonyl (C=O) groups excluding carboxylic acids is 2. The molecule has 0 spiro atoms. The van der Waals surface area contributed by atoms with Crippen LogP contribution < -0.4 is 5.32 Å². The van der Waals surface area contributed by atoms with E-state index < -0.39 is 17.7 Å². The zero-order valence-corrected chi connectivity index (χ0v) is 20.4. The molecule has 2 amide bonds. The molecule has 1 saturated heterocycles. The predicted octanol–water partition coefficient (Wildman–Crippen LogP) is 5.08. The Morgan fingerprint density at radius 3 is 2.50 bits per heavy atom. The van der Waals surface area contributed by atoms with Crippen LogP contribution in [-0.4, -0.2) is 46.8 Å². The van der Waals surface area contributed by atoms with Crippen LogP contribution in [0.4, 0.5) is 9.18 Å². The van der Waals surface area contributed by atoms with Crippen LogP contribution in [0, 0.1) is 5.82 Å². The molecule has 0 saturated carbocycles. The van der Waals surface area contributed by atoms with Gasteiger partial charge in [-0.15, -0.1) is 0 Å². The summed E-state index contributed by atoms with van der Waals surface area (Å²) in [5, 5.41) is 6.43. The fourth-order valence-electron chi connectivity index (χ4n) is 4.13. The Bertz CT molecular complexity index is 946. The molecule has 7 heteroatoms. The van der Waals surface area contributed by atoms with Gasteiger partial charge >= 0.3 is 6.09 Å². The lowest BCUT2D eigenvalue weighted by Gasteiger charge is -2.36. The SMILES string of the molecule is CC(C)(C)OC(=O)N(CCCCc1ccccc1F)N1CCC[C@H]1C(=O)NCc1ccccc1. The van der Waals surface area contributed by atoms with Crippen molar-refractivity contribution < 1.29 is 18.7 Å². The minimum Gasteiger partial charge on any atom is -0.443 e. The Hall–Kier alpha value is -2.93. The lowest BCUT2D eigenvalue weighted by Crippen LogP contribution is -2.55. The third-order valence-corrected chi connectivity index (χ3v) is 5.77. The van der Waals surface area contributed by atoms with Crippen LogP contribution in [0.1, 0.15) is 57.6 Å². The average molecular weight is 470 g/mol. The monoisotopic (exact) mass is 469 g/mol. The summed E-state index contributed by atoms with van der Waals surface area (Å²) in [5.41, 5.74) is 1.05. The normalized spacial score (nSPS) is 16.3. The number of halogens is 1. The molecule has 1 heterocycles. The van der Waals surface area contributed by atoms with Gasteiger partial charge in [-0.25, -0.2) is 19.2 Å². The number of carbonyl (C=O) groups is 2. The largest absolute Gasteiger partial charge is 0.443 e. The van der Waals surface area contributed by atoms with Crippen LogP contribution in [0.25, 0.3) is 0 Å². The summed E-state index contributed by atoms with van der Waals surface area (Å²) in [5.74, 6) is -0.303. The summed E-state index contributed by atoms with van der Waals surface area (Å²) >= 11 is 0. The molecule has 0 aromatic heterocycles. The molecule has 0 radical (unpaired) electrons. The smallest absolute Gasteiger partial charge is 0.424 e. The van der Waals surface area contributed by atoms with Crippen molar-refractivity contribution in [3.8, 4) is 0 Å². The maximum atomic E-state index is 13.9. The van der Waals surface area contributed by atoms with Gasteiger partial charge in [-0.05, 0) is 70.1 Å². The van der Waals surface area contributed by atoms with Gasteiger partial charge in [0.2, 0.25) is 5.91 Å². The molecule has 184 valence electrons. The highest BCUT2D eigenvalue weighted by atomic mass is 19.1. The molecule has 3 rings (SSSR count). The molecule has 1 aliphatic rings. The van der Waals surface area contributed by atoms with Gasteiger partial charge in [-0.2, -0.15) is 0 Å². The second-order valence-electron chi connectivity index (χ2n) is 9.68. The van der Waals surface area contributed by atoms with Gasteiger partial charge in [0.15, 0.2) is 0 Å². The molecule has 1 N–H and O–H groups in total. The maximum Gasteiger partial charge on any atom is 0.424 e. The third kappa shape index (κ3) is 7.55. The van der Waals surface area contributed by atoms with Crippen LogP contribution in [0.3, 0.4) is 0 Å². The van der Waals surface area contributed by atoms with Crippen molar-refractivity contribution in [1.82, 2.24) is 15.3 Å². The first-order chi connectivity index (χ1) is 16.2. The summed E-state index contributed by atoms with van der Waals surface area (Å²) in [4.78, 5) is 26.1. The van der Waals surface area contributed by atoms with E-state index in [-0.39, 0.29) is 11.7 Å². The van der Waals surface area contributed by atoms with Crippen molar-refractivity contribution in [3.05, 3.63) is 71.5 Å². The highest BCUT2D eigenvalue weighted by Gasteiger charge is 2.38. The third-order valence-electron chi connectivity index (χ3n) is 5.77. The number of ether oxygens (including phenoxy) is 1. The number of hydrogen-bond donors (Lipinski definition) is 1. The van der Waals surface area contributed by atoms with E-state index in [1.807, 2.05) is 62.2 Å². The van der Waals surface area contributed by atoms with Crippen molar-refractivity contribution >= 4 is 12.0 Å². The quantitative estimate of drug-likeness (QED) is 0.520. The highest BCUT2D eigenvalue weighted by Crippen LogP contribution is 2.23. The van der Waals surface area contributed by atoms with E-state index in [1.54, 1.807) is 17.1 Å². The molecule has 1 fully saturated rings. The fraction of sp³-hybridized carbons (Fsp3) is 0.481.